The number of rotatable bonds is 2. The highest BCUT2D eigenvalue weighted by molar-refractivity contribution is 5.91. The van der Waals surface area contributed by atoms with Gasteiger partial charge in [0, 0.05) is 12.6 Å². The van der Waals surface area contributed by atoms with Gasteiger partial charge in [-0.3, -0.25) is 4.79 Å². The number of hydrogen-bond donors (Lipinski definition) is 0. The van der Waals surface area contributed by atoms with Gasteiger partial charge in [0.15, 0.2) is 5.76 Å². The normalized spacial score (nSPS) is 25.9. The molecule has 0 bridgehead atoms. The predicted molar refractivity (Wildman–Crippen MR) is 55.5 cm³/mol. The summed E-state index contributed by atoms with van der Waals surface area (Å²) in [5, 5.41) is 0. The summed E-state index contributed by atoms with van der Waals surface area (Å²) in [6.45, 7) is 0.903. The fourth-order valence-corrected chi connectivity index (χ4v) is 2.56. The third kappa shape index (κ3) is 1.56. The van der Waals surface area contributed by atoms with Crippen LogP contribution in [0.15, 0.2) is 22.8 Å². The Morgan fingerprint density at radius 2 is 2.27 bits per heavy atom. The summed E-state index contributed by atoms with van der Waals surface area (Å²) >= 11 is 0. The Morgan fingerprint density at radius 3 is 2.93 bits per heavy atom. The van der Waals surface area contributed by atoms with Crippen molar-refractivity contribution in [3.63, 3.8) is 0 Å². The lowest BCUT2D eigenvalue weighted by atomic mass is 10.1. The Morgan fingerprint density at radius 1 is 1.40 bits per heavy atom. The molecule has 0 spiro atoms. The number of hydrogen-bond acceptors (Lipinski definition) is 2. The van der Waals surface area contributed by atoms with Crippen molar-refractivity contribution >= 4 is 5.91 Å². The van der Waals surface area contributed by atoms with Gasteiger partial charge in [-0.05, 0) is 43.7 Å². The minimum Gasteiger partial charge on any atom is -0.459 e. The van der Waals surface area contributed by atoms with Crippen LogP contribution in [0.2, 0.25) is 0 Å². The molecule has 1 unspecified atom stereocenters. The second-order valence-corrected chi connectivity index (χ2v) is 4.52. The molecule has 1 atom stereocenters. The van der Waals surface area contributed by atoms with Crippen LogP contribution in [0.1, 0.15) is 36.2 Å². The summed E-state index contributed by atoms with van der Waals surface area (Å²) in [6.07, 6.45) is 6.49. The molecule has 80 valence electrons. The minimum atomic E-state index is 0.0781. The molecular formula is C12H15NO2. The van der Waals surface area contributed by atoms with E-state index in [0.29, 0.717) is 11.8 Å². The number of likely N-dealkylation sites (tertiary alicyclic amines) is 1. The van der Waals surface area contributed by atoms with Crippen LogP contribution in [0.3, 0.4) is 0 Å². The molecule has 3 nitrogen and oxygen atoms in total. The van der Waals surface area contributed by atoms with Crippen LogP contribution in [0.4, 0.5) is 0 Å². The molecule has 15 heavy (non-hydrogen) atoms. The summed E-state index contributed by atoms with van der Waals surface area (Å²) in [5.41, 5.74) is 0. The molecule has 0 N–H and O–H groups in total. The summed E-state index contributed by atoms with van der Waals surface area (Å²) in [6, 6.07) is 4.02. The number of carbonyl (C=O) groups is 1. The van der Waals surface area contributed by atoms with E-state index >= 15 is 0 Å². The van der Waals surface area contributed by atoms with Crippen LogP contribution in [0.25, 0.3) is 0 Å². The standard InChI is InChI=1S/C12H15NO2/c14-12(11-4-2-8-15-11)13-7-1-3-10(13)9-5-6-9/h2,4,8-10H,1,3,5-7H2. The van der Waals surface area contributed by atoms with Crippen LogP contribution >= 0.6 is 0 Å². The average Bonchev–Trinajstić information content (AvgIpc) is 2.82. The monoisotopic (exact) mass is 205 g/mol. The Bertz CT molecular complexity index is 354. The van der Waals surface area contributed by atoms with Crippen molar-refractivity contribution in [3.8, 4) is 0 Å². The molecule has 3 heteroatoms. The Hall–Kier alpha value is -1.25. The Labute approximate surface area is 89.1 Å². The van der Waals surface area contributed by atoms with E-state index < -0.39 is 0 Å². The zero-order valence-electron chi connectivity index (χ0n) is 8.69. The first kappa shape index (κ1) is 9.01. The van der Waals surface area contributed by atoms with Crippen molar-refractivity contribution in [1.82, 2.24) is 4.90 Å². The van der Waals surface area contributed by atoms with Crippen molar-refractivity contribution in [2.45, 2.75) is 31.7 Å². The summed E-state index contributed by atoms with van der Waals surface area (Å²) in [4.78, 5) is 14.1. The maximum absolute atomic E-state index is 12.1. The average molecular weight is 205 g/mol. The third-order valence-corrected chi connectivity index (χ3v) is 3.46. The first-order valence-electron chi connectivity index (χ1n) is 5.71. The van der Waals surface area contributed by atoms with Crippen molar-refractivity contribution in [3.05, 3.63) is 24.2 Å². The molecule has 0 aromatic carbocycles. The third-order valence-electron chi connectivity index (χ3n) is 3.46. The molecule has 1 aromatic heterocycles. The topological polar surface area (TPSA) is 33.5 Å². The summed E-state index contributed by atoms with van der Waals surface area (Å²) < 4.78 is 5.16. The van der Waals surface area contributed by atoms with Crippen molar-refractivity contribution in [2.24, 2.45) is 5.92 Å². The minimum absolute atomic E-state index is 0.0781. The fraction of sp³-hybridized carbons (Fsp3) is 0.583. The number of carbonyl (C=O) groups excluding carboxylic acids is 1. The van der Waals surface area contributed by atoms with Crippen LogP contribution in [-0.4, -0.2) is 23.4 Å². The molecule has 1 aliphatic heterocycles. The lowest BCUT2D eigenvalue weighted by molar-refractivity contribution is 0.0688. The van der Waals surface area contributed by atoms with Gasteiger partial charge in [0.25, 0.3) is 5.91 Å². The number of furan rings is 1. The van der Waals surface area contributed by atoms with Gasteiger partial charge in [0.2, 0.25) is 0 Å². The number of nitrogens with zero attached hydrogens (tertiary/aromatic N) is 1. The molecule has 1 aliphatic carbocycles. The first-order chi connectivity index (χ1) is 7.36. The molecule has 2 aliphatic rings. The maximum Gasteiger partial charge on any atom is 0.289 e. The molecule has 3 rings (SSSR count). The van der Waals surface area contributed by atoms with E-state index in [2.05, 4.69) is 0 Å². The predicted octanol–water partition coefficient (Wildman–Crippen LogP) is 2.29. The zero-order valence-corrected chi connectivity index (χ0v) is 8.69. The smallest absolute Gasteiger partial charge is 0.289 e. The second kappa shape index (κ2) is 3.40. The highest BCUT2D eigenvalue weighted by Gasteiger charge is 2.40. The SMILES string of the molecule is O=C(c1ccco1)N1CCCC1C1CC1. The lowest BCUT2D eigenvalue weighted by Gasteiger charge is -2.23. The Balaban J connectivity index is 1.78. The highest BCUT2D eigenvalue weighted by atomic mass is 16.3. The van der Waals surface area contributed by atoms with Crippen molar-refractivity contribution in [1.29, 1.82) is 0 Å². The van der Waals surface area contributed by atoms with Crippen LogP contribution in [-0.2, 0) is 0 Å². The van der Waals surface area contributed by atoms with Crippen LogP contribution in [0, 0.1) is 5.92 Å². The van der Waals surface area contributed by atoms with E-state index in [1.807, 2.05) is 4.90 Å². The quantitative estimate of drug-likeness (QED) is 0.742. The van der Waals surface area contributed by atoms with Gasteiger partial charge in [0.05, 0.1) is 6.26 Å². The maximum atomic E-state index is 12.1. The van der Waals surface area contributed by atoms with E-state index in [4.69, 9.17) is 4.42 Å². The van der Waals surface area contributed by atoms with Gasteiger partial charge in [-0.25, -0.2) is 0 Å². The van der Waals surface area contributed by atoms with E-state index in [0.717, 1.165) is 18.9 Å². The summed E-state index contributed by atoms with van der Waals surface area (Å²) in [7, 11) is 0. The fourth-order valence-electron chi connectivity index (χ4n) is 2.56. The lowest BCUT2D eigenvalue weighted by Crippen LogP contribution is -2.36. The highest BCUT2D eigenvalue weighted by Crippen LogP contribution is 2.40. The first-order valence-corrected chi connectivity index (χ1v) is 5.71. The summed E-state index contributed by atoms with van der Waals surface area (Å²) in [5.74, 6) is 1.34. The van der Waals surface area contributed by atoms with E-state index in [1.165, 1.54) is 19.3 Å². The van der Waals surface area contributed by atoms with Gasteiger partial charge < -0.3 is 9.32 Å². The molecule has 1 saturated carbocycles. The molecule has 1 aromatic rings. The van der Waals surface area contributed by atoms with E-state index in [1.54, 1.807) is 18.4 Å². The zero-order chi connectivity index (χ0) is 10.3. The van der Waals surface area contributed by atoms with Gasteiger partial charge >= 0.3 is 0 Å². The van der Waals surface area contributed by atoms with E-state index in [9.17, 15) is 4.79 Å². The van der Waals surface area contributed by atoms with Gasteiger partial charge in [-0.15, -0.1) is 0 Å². The largest absolute Gasteiger partial charge is 0.459 e. The molecule has 0 radical (unpaired) electrons. The molecule has 2 heterocycles. The van der Waals surface area contributed by atoms with Gasteiger partial charge in [0.1, 0.15) is 0 Å². The van der Waals surface area contributed by atoms with Gasteiger partial charge in [-0.2, -0.15) is 0 Å². The molecule has 1 amide bonds. The van der Waals surface area contributed by atoms with Crippen LogP contribution < -0.4 is 0 Å². The molecule has 1 saturated heterocycles. The van der Waals surface area contributed by atoms with Crippen molar-refractivity contribution in [2.75, 3.05) is 6.54 Å². The van der Waals surface area contributed by atoms with Gasteiger partial charge in [-0.1, -0.05) is 0 Å². The van der Waals surface area contributed by atoms with Crippen LogP contribution in [0.5, 0.6) is 0 Å². The molecular weight excluding hydrogens is 190 g/mol. The Kier molecular flexibility index (Phi) is 2.04. The van der Waals surface area contributed by atoms with E-state index in [-0.39, 0.29) is 5.91 Å². The second-order valence-electron chi connectivity index (χ2n) is 4.52. The van der Waals surface area contributed by atoms with Crippen molar-refractivity contribution < 1.29 is 9.21 Å². The molecule has 2 fully saturated rings. The number of amides is 1.